The quantitative estimate of drug-likeness (QED) is 0.672. The summed E-state index contributed by atoms with van der Waals surface area (Å²) in [7, 11) is 0. The van der Waals surface area contributed by atoms with E-state index in [1.807, 2.05) is 6.07 Å². The van der Waals surface area contributed by atoms with Gasteiger partial charge in [0.1, 0.15) is 13.2 Å². The SMILES string of the molecule is O=C(CCC(OC(=O)CO)C(=O)O)OCc1ccccc1. The Morgan fingerprint density at radius 1 is 1.10 bits per heavy atom. The van der Waals surface area contributed by atoms with E-state index < -0.39 is 30.6 Å². The average molecular weight is 296 g/mol. The van der Waals surface area contributed by atoms with Gasteiger partial charge in [-0.25, -0.2) is 9.59 Å². The fourth-order valence-corrected chi connectivity index (χ4v) is 1.49. The molecule has 0 radical (unpaired) electrons. The lowest BCUT2D eigenvalue weighted by molar-refractivity contribution is -0.167. The number of aliphatic hydroxyl groups excluding tert-OH is 1. The molecular weight excluding hydrogens is 280 g/mol. The number of carbonyl (C=O) groups excluding carboxylic acids is 2. The van der Waals surface area contributed by atoms with E-state index in [0.717, 1.165) is 5.56 Å². The van der Waals surface area contributed by atoms with E-state index in [1.54, 1.807) is 24.3 Å². The van der Waals surface area contributed by atoms with Gasteiger partial charge in [-0.15, -0.1) is 0 Å². The number of hydrogen-bond donors (Lipinski definition) is 2. The predicted octanol–water partition coefficient (Wildman–Crippen LogP) is 0.499. The van der Waals surface area contributed by atoms with Crippen LogP contribution in [-0.2, 0) is 30.5 Å². The fourth-order valence-electron chi connectivity index (χ4n) is 1.49. The van der Waals surface area contributed by atoms with Gasteiger partial charge in [-0.1, -0.05) is 30.3 Å². The number of benzene rings is 1. The maximum Gasteiger partial charge on any atom is 0.345 e. The van der Waals surface area contributed by atoms with Gasteiger partial charge in [0.15, 0.2) is 6.10 Å². The van der Waals surface area contributed by atoms with E-state index in [-0.39, 0.29) is 19.4 Å². The molecule has 0 spiro atoms. The summed E-state index contributed by atoms with van der Waals surface area (Å²) < 4.78 is 9.45. The summed E-state index contributed by atoms with van der Waals surface area (Å²) in [5.41, 5.74) is 0.812. The Bertz CT molecular complexity index is 483. The standard InChI is InChI=1S/C14H16O7/c15-8-13(17)21-11(14(18)19)6-7-12(16)20-9-10-4-2-1-3-5-10/h1-5,11,15H,6-9H2,(H,18,19). The lowest BCUT2D eigenvalue weighted by Gasteiger charge is -2.12. The van der Waals surface area contributed by atoms with E-state index >= 15 is 0 Å². The van der Waals surface area contributed by atoms with Crippen LogP contribution < -0.4 is 0 Å². The Morgan fingerprint density at radius 3 is 2.33 bits per heavy atom. The van der Waals surface area contributed by atoms with Crippen LogP contribution in [0.15, 0.2) is 30.3 Å². The minimum atomic E-state index is -1.48. The highest BCUT2D eigenvalue weighted by molar-refractivity contribution is 5.79. The molecule has 0 aliphatic carbocycles. The Balaban J connectivity index is 2.36. The van der Waals surface area contributed by atoms with Gasteiger partial charge in [-0.2, -0.15) is 0 Å². The molecule has 0 aliphatic rings. The first-order chi connectivity index (χ1) is 10.0. The average Bonchev–Trinajstić information content (AvgIpc) is 2.49. The molecule has 1 rings (SSSR count). The van der Waals surface area contributed by atoms with Crippen molar-refractivity contribution in [2.45, 2.75) is 25.6 Å². The number of aliphatic carboxylic acids is 1. The van der Waals surface area contributed by atoms with Crippen molar-refractivity contribution in [2.24, 2.45) is 0 Å². The molecule has 0 amide bonds. The molecule has 0 saturated carbocycles. The zero-order chi connectivity index (χ0) is 15.7. The van der Waals surface area contributed by atoms with Crippen molar-refractivity contribution in [3.63, 3.8) is 0 Å². The number of esters is 2. The number of ether oxygens (including phenoxy) is 2. The van der Waals surface area contributed by atoms with E-state index in [0.29, 0.717) is 0 Å². The van der Waals surface area contributed by atoms with Crippen LogP contribution in [0.1, 0.15) is 18.4 Å². The summed E-state index contributed by atoms with van der Waals surface area (Å²) in [6, 6.07) is 9.01. The second-order valence-corrected chi connectivity index (χ2v) is 4.16. The van der Waals surface area contributed by atoms with Crippen LogP contribution in [0.2, 0.25) is 0 Å². The number of carboxylic acid groups (broad SMARTS) is 1. The molecule has 0 heterocycles. The molecule has 1 unspecified atom stereocenters. The molecule has 1 aromatic carbocycles. The Morgan fingerprint density at radius 2 is 1.76 bits per heavy atom. The minimum Gasteiger partial charge on any atom is -0.479 e. The number of hydrogen-bond acceptors (Lipinski definition) is 6. The van der Waals surface area contributed by atoms with Crippen molar-refractivity contribution in [1.82, 2.24) is 0 Å². The minimum absolute atomic E-state index is 0.0911. The van der Waals surface area contributed by atoms with Gasteiger partial charge in [-0.05, 0) is 5.56 Å². The largest absolute Gasteiger partial charge is 0.479 e. The zero-order valence-corrected chi connectivity index (χ0v) is 11.2. The third-order valence-electron chi connectivity index (χ3n) is 2.53. The van der Waals surface area contributed by atoms with Crippen molar-refractivity contribution in [1.29, 1.82) is 0 Å². The van der Waals surface area contributed by atoms with E-state index in [4.69, 9.17) is 14.9 Å². The van der Waals surface area contributed by atoms with Crippen molar-refractivity contribution < 1.29 is 34.1 Å². The van der Waals surface area contributed by atoms with Crippen molar-refractivity contribution in [3.8, 4) is 0 Å². The monoisotopic (exact) mass is 296 g/mol. The lowest BCUT2D eigenvalue weighted by Crippen LogP contribution is -2.29. The van der Waals surface area contributed by atoms with Gasteiger partial charge < -0.3 is 19.7 Å². The molecule has 7 heteroatoms. The first-order valence-corrected chi connectivity index (χ1v) is 6.25. The molecule has 0 fully saturated rings. The van der Waals surface area contributed by atoms with Crippen LogP contribution in [0, 0.1) is 0 Å². The molecule has 2 N–H and O–H groups in total. The molecule has 114 valence electrons. The van der Waals surface area contributed by atoms with Gasteiger partial charge in [-0.3, -0.25) is 4.79 Å². The Kier molecular flexibility index (Phi) is 6.90. The number of carbonyl (C=O) groups is 3. The third kappa shape index (κ3) is 6.53. The van der Waals surface area contributed by atoms with Crippen LogP contribution in [0.25, 0.3) is 0 Å². The summed E-state index contributed by atoms with van der Waals surface area (Å²) in [5.74, 6) is -3.03. The summed E-state index contributed by atoms with van der Waals surface area (Å²) >= 11 is 0. The molecule has 21 heavy (non-hydrogen) atoms. The van der Waals surface area contributed by atoms with Gasteiger partial charge in [0.05, 0.1) is 0 Å². The zero-order valence-electron chi connectivity index (χ0n) is 11.2. The molecule has 7 nitrogen and oxygen atoms in total. The van der Waals surface area contributed by atoms with Crippen LogP contribution in [0.5, 0.6) is 0 Å². The Labute approximate surface area is 121 Å². The first-order valence-electron chi connectivity index (χ1n) is 6.25. The Hall–Kier alpha value is -2.41. The highest BCUT2D eigenvalue weighted by Gasteiger charge is 2.23. The second kappa shape index (κ2) is 8.70. The van der Waals surface area contributed by atoms with Crippen LogP contribution in [0.3, 0.4) is 0 Å². The fraction of sp³-hybridized carbons (Fsp3) is 0.357. The van der Waals surface area contributed by atoms with Gasteiger partial charge >= 0.3 is 17.9 Å². The molecule has 0 saturated heterocycles. The summed E-state index contributed by atoms with van der Waals surface area (Å²) in [6.45, 7) is -0.823. The van der Waals surface area contributed by atoms with E-state index in [2.05, 4.69) is 4.74 Å². The number of rotatable bonds is 8. The van der Waals surface area contributed by atoms with Crippen molar-refractivity contribution in [3.05, 3.63) is 35.9 Å². The maximum atomic E-state index is 11.5. The van der Waals surface area contributed by atoms with Crippen LogP contribution in [-0.4, -0.2) is 40.8 Å². The molecular formula is C14H16O7. The first kappa shape index (κ1) is 16.6. The summed E-state index contributed by atoms with van der Waals surface area (Å²) in [4.78, 5) is 33.2. The van der Waals surface area contributed by atoms with Crippen LogP contribution >= 0.6 is 0 Å². The summed E-state index contributed by atoms with van der Waals surface area (Å²) in [6.07, 6.45) is -1.90. The molecule has 0 aromatic heterocycles. The second-order valence-electron chi connectivity index (χ2n) is 4.16. The van der Waals surface area contributed by atoms with E-state index in [9.17, 15) is 14.4 Å². The van der Waals surface area contributed by atoms with E-state index in [1.165, 1.54) is 0 Å². The van der Waals surface area contributed by atoms with Crippen molar-refractivity contribution >= 4 is 17.9 Å². The normalized spacial score (nSPS) is 11.5. The third-order valence-corrected chi connectivity index (χ3v) is 2.53. The molecule has 1 atom stereocenters. The predicted molar refractivity (Wildman–Crippen MR) is 70.1 cm³/mol. The highest BCUT2D eigenvalue weighted by Crippen LogP contribution is 2.07. The summed E-state index contributed by atoms with van der Waals surface area (Å²) in [5, 5.41) is 17.3. The van der Waals surface area contributed by atoms with Gasteiger partial charge in [0.2, 0.25) is 0 Å². The smallest absolute Gasteiger partial charge is 0.345 e. The number of carboxylic acids is 1. The topological polar surface area (TPSA) is 110 Å². The van der Waals surface area contributed by atoms with Gasteiger partial charge in [0, 0.05) is 12.8 Å². The van der Waals surface area contributed by atoms with Crippen molar-refractivity contribution in [2.75, 3.05) is 6.61 Å². The maximum absolute atomic E-state index is 11.5. The molecule has 0 aliphatic heterocycles. The van der Waals surface area contributed by atoms with Crippen LogP contribution in [0.4, 0.5) is 0 Å². The molecule has 0 bridgehead atoms. The molecule has 1 aromatic rings. The number of aliphatic hydroxyl groups is 1. The van der Waals surface area contributed by atoms with Gasteiger partial charge in [0.25, 0.3) is 0 Å². The lowest BCUT2D eigenvalue weighted by atomic mass is 10.2. The highest BCUT2D eigenvalue weighted by atomic mass is 16.6.